The van der Waals surface area contributed by atoms with E-state index in [4.69, 9.17) is 0 Å². The van der Waals surface area contributed by atoms with Crippen LogP contribution in [0.15, 0.2) is 17.2 Å². The SMILES string of the molecule is Cc1cc(/C=N/NC(=O)C2CC2)cc(C)c1O. The van der Waals surface area contributed by atoms with Gasteiger partial charge in [-0.25, -0.2) is 5.43 Å². The highest BCUT2D eigenvalue weighted by Crippen LogP contribution is 2.28. The number of hydrogen-bond donors (Lipinski definition) is 2. The molecule has 1 aromatic carbocycles. The third-order valence-corrected chi connectivity index (χ3v) is 2.85. The zero-order valence-corrected chi connectivity index (χ0v) is 10.0. The lowest BCUT2D eigenvalue weighted by Crippen LogP contribution is -2.18. The van der Waals surface area contributed by atoms with Gasteiger partial charge in [0.2, 0.25) is 5.91 Å². The molecule has 0 unspecified atom stereocenters. The van der Waals surface area contributed by atoms with E-state index in [1.165, 1.54) is 0 Å². The zero-order valence-electron chi connectivity index (χ0n) is 10.0. The number of aromatic hydroxyl groups is 1. The van der Waals surface area contributed by atoms with E-state index in [1.807, 2.05) is 26.0 Å². The number of phenolic OH excluding ortho intramolecular Hbond substituents is 1. The van der Waals surface area contributed by atoms with Gasteiger partial charge in [0.15, 0.2) is 0 Å². The summed E-state index contributed by atoms with van der Waals surface area (Å²) in [6, 6.07) is 3.66. The van der Waals surface area contributed by atoms with Crippen molar-refractivity contribution in [1.82, 2.24) is 5.43 Å². The summed E-state index contributed by atoms with van der Waals surface area (Å²) in [5.41, 5.74) is 5.00. The molecule has 0 atom stereocenters. The largest absolute Gasteiger partial charge is 0.507 e. The maximum absolute atomic E-state index is 11.3. The van der Waals surface area contributed by atoms with Crippen molar-refractivity contribution in [2.45, 2.75) is 26.7 Å². The molecule has 90 valence electrons. The van der Waals surface area contributed by atoms with Gasteiger partial charge in [-0.2, -0.15) is 5.10 Å². The van der Waals surface area contributed by atoms with Crippen molar-refractivity contribution in [3.05, 3.63) is 28.8 Å². The monoisotopic (exact) mass is 232 g/mol. The van der Waals surface area contributed by atoms with Crippen LogP contribution in [0.2, 0.25) is 0 Å². The summed E-state index contributed by atoms with van der Waals surface area (Å²) in [6.07, 6.45) is 3.54. The normalized spacial score (nSPS) is 15.2. The lowest BCUT2D eigenvalue weighted by atomic mass is 10.1. The van der Waals surface area contributed by atoms with Crippen LogP contribution in [-0.2, 0) is 4.79 Å². The highest BCUT2D eigenvalue weighted by Gasteiger charge is 2.29. The molecule has 0 heterocycles. The van der Waals surface area contributed by atoms with E-state index in [9.17, 15) is 9.90 Å². The maximum atomic E-state index is 11.3. The van der Waals surface area contributed by atoms with Crippen LogP contribution in [0, 0.1) is 19.8 Å². The first-order valence-corrected chi connectivity index (χ1v) is 5.71. The second-order valence-electron chi connectivity index (χ2n) is 4.51. The molecular weight excluding hydrogens is 216 g/mol. The summed E-state index contributed by atoms with van der Waals surface area (Å²) in [6.45, 7) is 3.67. The molecule has 0 spiro atoms. The summed E-state index contributed by atoms with van der Waals surface area (Å²) in [5, 5.41) is 13.5. The van der Waals surface area contributed by atoms with E-state index in [2.05, 4.69) is 10.5 Å². The quantitative estimate of drug-likeness (QED) is 0.617. The molecule has 1 aromatic rings. The van der Waals surface area contributed by atoms with E-state index >= 15 is 0 Å². The summed E-state index contributed by atoms with van der Waals surface area (Å²) < 4.78 is 0. The second-order valence-corrected chi connectivity index (χ2v) is 4.51. The Morgan fingerprint density at radius 2 is 2.00 bits per heavy atom. The highest BCUT2D eigenvalue weighted by molar-refractivity contribution is 5.84. The van der Waals surface area contributed by atoms with Crippen molar-refractivity contribution >= 4 is 12.1 Å². The van der Waals surface area contributed by atoms with Gasteiger partial charge in [0.1, 0.15) is 5.75 Å². The molecule has 1 saturated carbocycles. The molecule has 1 amide bonds. The minimum absolute atomic E-state index is 0.00604. The van der Waals surface area contributed by atoms with Crippen molar-refractivity contribution < 1.29 is 9.90 Å². The van der Waals surface area contributed by atoms with Gasteiger partial charge in [0.25, 0.3) is 0 Å². The fraction of sp³-hybridized carbons (Fsp3) is 0.385. The van der Waals surface area contributed by atoms with Crippen LogP contribution < -0.4 is 5.43 Å². The first-order valence-electron chi connectivity index (χ1n) is 5.71. The van der Waals surface area contributed by atoms with Gasteiger partial charge in [0.05, 0.1) is 6.21 Å². The third kappa shape index (κ3) is 2.84. The first-order chi connectivity index (χ1) is 8.08. The number of hydrogen-bond acceptors (Lipinski definition) is 3. The summed E-state index contributed by atoms with van der Waals surface area (Å²) in [5.74, 6) is 0.466. The molecule has 2 rings (SSSR count). The third-order valence-electron chi connectivity index (χ3n) is 2.85. The molecule has 1 fully saturated rings. The van der Waals surface area contributed by atoms with Gasteiger partial charge in [-0.05, 0) is 55.5 Å². The van der Waals surface area contributed by atoms with Crippen LogP contribution in [0.25, 0.3) is 0 Å². The summed E-state index contributed by atoms with van der Waals surface area (Å²) in [4.78, 5) is 11.3. The number of aryl methyl sites for hydroxylation is 2. The lowest BCUT2D eigenvalue weighted by molar-refractivity contribution is -0.122. The van der Waals surface area contributed by atoms with Gasteiger partial charge in [0, 0.05) is 5.92 Å². The van der Waals surface area contributed by atoms with Crippen LogP contribution in [0.1, 0.15) is 29.5 Å². The molecule has 4 heteroatoms. The molecule has 2 N–H and O–H groups in total. The van der Waals surface area contributed by atoms with Gasteiger partial charge in [-0.3, -0.25) is 4.79 Å². The number of carbonyl (C=O) groups excluding carboxylic acids is 1. The molecule has 1 aliphatic rings. The Hall–Kier alpha value is -1.84. The predicted molar refractivity (Wildman–Crippen MR) is 66.0 cm³/mol. The molecule has 0 radical (unpaired) electrons. The van der Waals surface area contributed by atoms with Crippen LogP contribution in [-0.4, -0.2) is 17.2 Å². The molecule has 1 aliphatic carbocycles. The Labute approximate surface area is 100 Å². The van der Waals surface area contributed by atoms with Crippen molar-refractivity contribution in [3.63, 3.8) is 0 Å². The van der Waals surface area contributed by atoms with E-state index < -0.39 is 0 Å². The van der Waals surface area contributed by atoms with Gasteiger partial charge in [-0.15, -0.1) is 0 Å². The van der Waals surface area contributed by atoms with Crippen molar-refractivity contribution in [3.8, 4) is 5.75 Å². The molecule has 0 saturated heterocycles. The van der Waals surface area contributed by atoms with Crippen molar-refractivity contribution in [2.24, 2.45) is 11.0 Å². The van der Waals surface area contributed by atoms with Gasteiger partial charge < -0.3 is 5.11 Å². The lowest BCUT2D eigenvalue weighted by Gasteiger charge is -2.04. The molecular formula is C13H16N2O2. The minimum atomic E-state index is -0.00604. The Morgan fingerprint density at radius 1 is 1.41 bits per heavy atom. The Kier molecular flexibility index (Phi) is 3.13. The summed E-state index contributed by atoms with van der Waals surface area (Å²) >= 11 is 0. The number of rotatable bonds is 3. The maximum Gasteiger partial charge on any atom is 0.243 e. The van der Waals surface area contributed by atoms with Crippen molar-refractivity contribution in [1.29, 1.82) is 0 Å². The average molecular weight is 232 g/mol. The van der Waals surface area contributed by atoms with E-state index in [1.54, 1.807) is 6.21 Å². The van der Waals surface area contributed by atoms with E-state index in [-0.39, 0.29) is 11.8 Å². The molecule has 0 aromatic heterocycles. The number of hydrazone groups is 1. The number of nitrogens with zero attached hydrogens (tertiary/aromatic N) is 1. The number of nitrogens with one attached hydrogen (secondary N) is 1. The number of amides is 1. The predicted octanol–water partition coefficient (Wildman–Crippen LogP) is 1.87. The Bertz CT molecular complexity index is 453. The standard InChI is InChI=1S/C13H16N2O2/c1-8-5-10(6-9(2)12(8)16)7-14-15-13(17)11-3-4-11/h5-7,11,16H,3-4H2,1-2H3,(H,15,17)/b14-7+. The summed E-state index contributed by atoms with van der Waals surface area (Å²) in [7, 11) is 0. The smallest absolute Gasteiger partial charge is 0.243 e. The van der Waals surface area contributed by atoms with Crippen LogP contribution in [0.3, 0.4) is 0 Å². The zero-order chi connectivity index (χ0) is 12.4. The average Bonchev–Trinajstić information content (AvgIpc) is 3.09. The molecule has 4 nitrogen and oxygen atoms in total. The fourth-order valence-corrected chi connectivity index (χ4v) is 1.67. The Morgan fingerprint density at radius 3 is 2.53 bits per heavy atom. The van der Waals surface area contributed by atoms with Gasteiger partial charge >= 0.3 is 0 Å². The van der Waals surface area contributed by atoms with E-state index in [0.29, 0.717) is 5.75 Å². The molecule has 17 heavy (non-hydrogen) atoms. The highest BCUT2D eigenvalue weighted by atomic mass is 16.3. The number of phenols is 1. The van der Waals surface area contributed by atoms with Crippen LogP contribution in [0.4, 0.5) is 0 Å². The second kappa shape index (κ2) is 4.57. The van der Waals surface area contributed by atoms with Crippen molar-refractivity contribution in [2.75, 3.05) is 0 Å². The number of benzene rings is 1. The Balaban J connectivity index is 2.02. The van der Waals surface area contributed by atoms with Gasteiger partial charge in [-0.1, -0.05) is 0 Å². The minimum Gasteiger partial charge on any atom is -0.507 e. The molecule has 0 aliphatic heterocycles. The van der Waals surface area contributed by atoms with E-state index in [0.717, 1.165) is 29.5 Å². The topological polar surface area (TPSA) is 61.7 Å². The van der Waals surface area contributed by atoms with Crippen LogP contribution in [0.5, 0.6) is 5.75 Å². The fourth-order valence-electron chi connectivity index (χ4n) is 1.67. The first kappa shape index (κ1) is 11.6. The molecule has 0 bridgehead atoms. The number of carbonyl (C=O) groups is 1. The van der Waals surface area contributed by atoms with Crippen LogP contribution >= 0.6 is 0 Å².